The number of aryl methyl sites for hydroxylation is 1. The molecule has 14 heavy (non-hydrogen) atoms. The van der Waals surface area contributed by atoms with Crippen LogP contribution in [0.25, 0.3) is 0 Å². The van der Waals surface area contributed by atoms with Crippen LogP contribution in [0.15, 0.2) is 0 Å². The Balaban J connectivity index is 1.94. The van der Waals surface area contributed by atoms with Crippen molar-refractivity contribution < 1.29 is 8.78 Å². The molecular formula is C8H11F2N3S. The molecule has 1 aromatic heterocycles. The molecule has 2 heterocycles. The summed E-state index contributed by atoms with van der Waals surface area (Å²) in [5.41, 5.74) is 0. The van der Waals surface area contributed by atoms with E-state index in [4.69, 9.17) is 0 Å². The zero-order chi connectivity index (χ0) is 10.2. The first-order valence-corrected chi connectivity index (χ1v) is 5.26. The van der Waals surface area contributed by atoms with Crippen molar-refractivity contribution in [3.05, 3.63) is 10.0 Å². The lowest BCUT2D eigenvalue weighted by molar-refractivity contribution is 0.0115. The van der Waals surface area contributed by atoms with E-state index < -0.39 is 5.92 Å². The fourth-order valence-corrected chi connectivity index (χ4v) is 2.29. The summed E-state index contributed by atoms with van der Waals surface area (Å²) in [4.78, 5) is 1.72. The third kappa shape index (κ3) is 2.24. The van der Waals surface area contributed by atoms with Gasteiger partial charge in [0.25, 0.3) is 5.92 Å². The maximum absolute atomic E-state index is 12.8. The summed E-state index contributed by atoms with van der Waals surface area (Å²) in [5, 5.41) is 9.46. The Morgan fingerprint density at radius 1 is 1.50 bits per heavy atom. The minimum atomic E-state index is -2.51. The molecule has 78 valence electrons. The Kier molecular flexibility index (Phi) is 2.48. The molecule has 0 aliphatic carbocycles. The van der Waals surface area contributed by atoms with Crippen LogP contribution in [0.1, 0.15) is 16.4 Å². The van der Waals surface area contributed by atoms with E-state index in [1.165, 1.54) is 11.3 Å². The van der Waals surface area contributed by atoms with E-state index in [9.17, 15) is 8.78 Å². The molecule has 0 spiro atoms. The van der Waals surface area contributed by atoms with Crippen molar-refractivity contribution in [3.63, 3.8) is 0 Å². The van der Waals surface area contributed by atoms with Crippen LogP contribution in [0.4, 0.5) is 8.78 Å². The highest BCUT2D eigenvalue weighted by Crippen LogP contribution is 2.28. The molecule has 1 aromatic rings. The lowest BCUT2D eigenvalue weighted by atomic mass is 10.3. The summed E-state index contributed by atoms with van der Waals surface area (Å²) < 4.78 is 25.7. The van der Waals surface area contributed by atoms with Gasteiger partial charge in [0.05, 0.1) is 13.1 Å². The van der Waals surface area contributed by atoms with Gasteiger partial charge in [0, 0.05) is 13.0 Å². The number of alkyl halides is 2. The van der Waals surface area contributed by atoms with Gasteiger partial charge in [-0.2, -0.15) is 0 Å². The molecular weight excluding hydrogens is 208 g/mol. The van der Waals surface area contributed by atoms with Crippen molar-refractivity contribution in [3.8, 4) is 0 Å². The molecule has 0 amide bonds. The maximum Gasteiger partial charge on any atom is 0.261 e. The number of likely N-dealkylation sites (tertiary alicyclic amines) is 1. The molecule has 0 aromatic carbocycles. The number of rotatable bonds is 2. The SMILES string of the molecule is Cc1nnc(CN2CCC(F)(F)C2)s1. The van der Waals surface area contributed by atoms with E-state index in [-0.39, 0.29) is 13.0 Å². The van der Waals surface area contributed by atoms with E-state index in [1.807, 2.05) is 6.92 Å². The van der Waals surface area contributed by atoms with Crippen LogP contribution >= 0.6 is 11.3 Å². The molecule has 6 heteroatoms. The molecule has 0 unspecified atom stereocenters. The topological polar surface area (TPSA) is 29.0 Å². The van der Waals surface area contributed by atoms with E-state index in [1.54, 1.807) is 4.90 Å². The Labute approximate surface area is 84.8 Å². The van der Waals surface area contributed by atoms with Crippen LogP contribution in [-0.4, -0.2) is 34.1 Å². The molecule has 1 aliphatic heterocycles. The van der Waals surface area contributed by atoms with E-state index in [0.717, 1.165) is 10.0 Å². The molecule has 0 saturated carbocycles. The van der Waals surface area contributed by atoms with Gasteiger partial charge in [0.15, 0.2) is 0 Å². The van der Waals surface area contributed by atoms with Gasteiger partial charge >= 0.3 is 0 Å². The number of aromatic nitrogens is 2. The molecule has 2 rings (SSSR count). The second-order valence-electron chi connectivity index (χ2n) is 3.53. The van der Waals surface area contributed by atoms with Crippen molar-refractivity contribution in [2.45, 2.75) is 25.8 Å². The van der Waals surface area contributed by atoms with Crippen LogP contribution in [-0.2, 0) is 6.54 Å². The van der Waals surface area contributed by atoms with Crippen LogP contribution < -0.4 is 0 Å². The average Bonchev–Trinajstić information content (AvgIpc) is 2.59. The summed E-state index contributed by atoms with van der Waals surface area (Å²) in [6, 6.07) is 0. The first-order valence-electron chi connectivity index (χ1n) is 4.44. The molecule has 3 nitrogen and oxygen atoms in total. The minimum absolute atomic E-state index is 0.0369. The summed E-state index contributed by atoms with van der Waals surface area (Å²) in [6.07, 6.45) is -0.0369. The molecule has 1 aliphatic rings. The zero-order valence-corrected chi connectivity index (χ0v) is 8.65. The second kappa shape index (κ2) is 3.51. The summed E-state index contributed by atoms with van der Waals surface area (Å²) in [7, 11) is 0. The number of nitrogens with zero attached hydrogens (tertiary/aromatic N) is 3. The quantitative estimate of drug-likeness (QED) is 0.758. The highest BCUT2D eigenvalue weighted by atomic mass is 32.1. The lowest BCUT2D eigenvalue weighted by Gasteiger charge is -2.12. The highest BCUT2D eigenvalue weighted by molar-refractivity contribution is 7.11. The van der Waals surface area contributed by atoms with Gasteiger partial charge in [-0.25, -0.2) is 8.78 Å². The van der Waals surface area contributed by atoms with Crippen molar-refractivity contribution in [1.29, 1.82) is 0 Å². The third-order valence-electron chi connectivity index (χ3n) is 2.18. The van der Waals surface area contributed by atoms with Crippen LogP contribution in [0.5, 0.6) is 0 Å². The number of hydrogen-bond donors (Lipinski definition) is 0. The predicted molar refractivity (Wildman–Crippen MR) is 49.5 cm³/mol. The summed E-state index contributed by atoms with van der Waals surface area (Å²) >= 11 is 1.47. The van der Waals surface area contributed by atoms with Gasteiger partial charge in [-0.1, -0.05) is 0 Å². The van der Waals surface area contributed by atoms with Gasteiger partial charge in [0.2, 0.25) is 0 Å². The molecule has 0 bridgehead atoms. The second-order valence-corrected chi connectivity index (χ2v) is 4.80. The van der Waals surface area contributed by atoms with Crippen LogP contribution in [0, 0.1) is 6.92 Å². The van der Waals surface area contributed by atoms with Gasteiger partial charge in [-0.05, 0) is 6.92 Å². The maximum atomic E-state index is 12.8. The fourth-order valence-electron chi connectivity index (χ4n) is 1.53. The highest BCUT2D eigenvalue weighted by Gasteiger charge is 2.38. The largest absolute Gasteiger partial charge is 0.290 e. The van der Waals surface area contributed by atoms with Crippen molar-refractivity contribution in [1.82, 2.24) is 15.1 Å². The summed E-state index contributed by atoms with van der Waals surface area (Å²) in [5.74, 6) is -2.51. The molecule has 0 N–H and O–H groups in total. The predicted octanol–water partition coefficient (Wildman–Crippen LogP) is 1.69. The van der Waals surface area contributed by atoms with Crippen molar-refractivity contribution >= 4 is 11.3 Å². The average molecular weight is 219 g/mol. The minimum Gasteiger partial charge on any atom is -0.290 e. The van der Waals surface area contributed by atoms with E-state index in [0.29, 0.717) is 13.1 Å². The van der Waals surface area contributed by atoms with Gasteiger partial charge in [0.1, 0.15) is 10.0 Å². The monoisotopic (exact) mass is 219 g/mol. The standard InChI is InChI=1S/C8H11F2N3S/c1-6-11-12-7(14-6)4-13-3-2-8(9,10)5-13/h2-5H2,1H3. The Hall–Kier alpha value is -0.620. The Morgan fingerprint density at radius 3 is 2.79 bits per heavy atom. The fraction of sp³-hybridized carbons (Fsp3) is 0.750. The summed E-state index contributed by atoms with van der Waals surface area (Å²) in [6.45, 7) is 2.66. The lowest BCUT2D eigenvalue weighted by Crippen LogP contribution is -2.24. The smallest absolute Gasteiger partial charge is 0.261 e. The van der Waals surface area contributed by atoms with Crippen LogP contribution in [0.3, 0.4) is 0 Å². The third-order valence-corrected chi connectivity index (χ3v) is 3.00. The van der Waals surface area contributed by atoms with Gasteiger partial charge in [-0.15, -0.1) is 21.5 Å². The number of halogens is 2. The van der Waals surface area contributed by atoms with E-state index in [2.05, 4.69) is 10.2 Å². The normalized spacial score (nSPS) is 21.6. The Bertz CT molecular complexity index is 326. The van der Waals surface area contributed by atoms with Gasteiger partial charge < -0.3 is 0 Å². The van der Waals surface area contributed by atoms with Crippen molar-refractivity contribution in [2.75, 3.05) is 13.1 Å². The number of hydrogen-bond acceptors (Lipinski definition) is 4. The van der Waals surface area contributed by atoms with Crippen molar-refractivity contribution in [2.24, 2.45) is 0 Å². The van der Waals surface area contributed by atoms with Gasteiger partial charge in [-0.3, -0.25) is 4.90 Å². The first-order chi connectivity index (χ1) is 6.55. The Morgan fingerprint density at radius 2 is 2.29 bits per heavy atom. The van der Waals surface area contributed by atoms with Crippen LogP contribution in [0.2, 0.25) is 0 Å². The molecule has 1 saturated heterocycles. The first kappa shape index (κ1) is 9.92. The molecule has 1 fully saturated rings. The zero-order valence-electron chi connectivity index (χ0n) is 7.83. The molecule has 0 atom stereocenters. The molecule has 0 radical (unpaired) electrons. The van der Waals surface area contributed by atoms with E-state index >= 15 is 0 Å².